The Bertz CT molecular complexity index is 613. The predicted octanol–water partition coefficient (Wildman–Crippen LogP) is 3.66. The van der Waals surface area contributed by atoms with Gasteiger partial charge < -0.3 is 9.64 Å². The van der Waals surface area contributed by atoms with Crippen LogP contribution in [0.5, 0.6) is 0 Å². The van der Waals surface area contributed by atoms with E-state index in [9.17, 15) is 4.79 Å². The minimum Gasteiger partial charge on any atom is -0.372 e. The van der Waals surface area contributed by atoms with E-state index < -0.39 is 0 Å². The summed E-state index contributed by atoms with van der Waals surface area (Å²) in [6, 6.07) is 12.1. The zero-order valence-corrected chi connectivity index (χ0v) is 13.1. The Hall–Kier alpha value is -1.65. The molecule has 4 heteroatoms. The molecule has 0 radical (unpaired) electrons. The van der Waals surface area contributed by atoms with E-state index in [-0.39, 0.29) is 18.1 Å². The van der Waals surface area contributed by atoms with Gasteiger partial charge in [0.25, 0.3) is 5.91 Å². The van der Waals surface area contributed by atoms with Crippen LogP contribution in [0.1, 0.15) is 23.5 Å². The van der Waals surface area contributed by atoms with Gasteiger partial charge in [0.2, 0.25) is 0 Å². The minimum absolute atomic E-state index is 0.0952. The zero-order valence-electron chi connectivity index (χ0n) is 12.3. The molecule has 0 spiro atoms. The van der Waals surface area contributed by atoms with E-state index in [4.69, 9.17) is 4.74 Å². The van der Waals surface area contributed by atoms with Crippen LogP contribution in [0.25, 0.3) is 11.1 Å². The van der Waals surface area contributed by atoms with Crippen molar-refractivity contribution < 1.29 is 9.53 Å². The van der Waals surface area contributed by atoms with Gasteiger partial charge in [0, 0.05) is 18.7 Å². The van der Waals surface area contributed by atoms with Gasteiger partial charge in [-0.2, -0.15) is 0 Å². The quantitative estimate of drug-likeness (QED) is 0.847. The summed E-state index contributed by atoms with van der Waals surface area (Å²) in [4.78, 5) is 15.6. The van der Waals surface area contributed by atoms with Crippen LogP contribution >= 0.6 is 11.3 Å². The first-order chi connectivity index (χ1) is 10.1. The SMILES string of the molecule is C[C@@H]1CN(C(=O)c2sccc2-c2ccccc2)C[C@H](C)O1. The van der Waals surface area contributed by atoms with Crippen molar-refractivity contribution in [2.45, 2.75) is 26.1 Å². The summed E-state index contributed by atoms with van der Waals surface area (Å²) in [5, 5.41) is 1.99. The molecule has 3 rings (SSSR count). The number of carbonyl (C=O) groups is 1. The molecule has 0 N–H and O–H groups in total. The topological polar surface area (TPSA) is 29.5 Å². The van der Waals surface area contributed by atoms with E-state index in [0.29, 0.717) is 13.1 Å². The van der Waals surface area contributed by atoms with Crippen molar-refractivity contribution in [1.82, 2.24) is 4.90 Å². The van der Waals surface area contributed by atoms with Crippen LogP contribution in [0.15, 0.2) is 41.8 Å². The second-order valence-corrected chi connectivity index (χ2v) is 6.41. The number of hydrogen-bond donors (Lipinski definition) is 0. The lowest BCUT2D eigenvalue weighted by atomic mass is 10.1. The fourth-order valence-corrected chi connectivity index (χ4v) is 3.69. The Labute approximate surface area is 129 Å². The van der Waals surface area contributed by atoms with Crippen molar-refractivity contribution in [1.29, 1.82) is 0 Å². The Morgan fingerprint density at radius 1 is 1.14 bits per heavy atom. The minimum atomic E-state index is 0.0952. The molecule has 110 valence electrons. The van der Waals surface area contributed by atoms with Crippen molar-refractivity contribution >= 4 is 17.2 Å². The molecule has 21 heavy (non-hydrogen) atoms. The van der Waals surface area contributed by atoms with E-state index in [1.807, 2.05) is 60.5 Å². The highest BCUT2D eigenvalue weighted by Crippen LogP contribution is 2.30. The summed E-state index contributed by atoms with van der Waals surface area (Å²) in [6.07, 6.45) is 0.190. The number of carbonyl (C=O) groups excluding carboxylic acids is 1. The summed E-state index contributed by atoms with van der Waals surface area (Å²) >= 11 is 1.52. The first-order valence-corrected chi connectivity index (χ1v) is 8.10. The largest absolute Gasteiger partial charge is 0.372 e. The molecule has 2 aromatic rings. The highest BCUT2D eigenvalue weighted by Gasteiger charge is 2.28. The molecular weight excluding hydrogens is 282 g/mol. The third-order valence-electron chi connectivity index (χ3n) is 3.65. The monoisotopic (exact) mass is 301 g/mol. The van der Waals surface area contributed by atoms with Gasteiger partial charge in [0.05, 0.1) is 17.1 Å². The molecule has 1 aromatic carbocycles. The fourth-order valence-electron chi connectivity index (χ4n) is 2.81. The molecule has 1 aliphatic rings. The van der Waals surface area contributed by atoms with Crippen molar-refractivity contribution in [3.05, 3.63) is 46.7 Å². The van der Waals surface area contributed by atoms with E-state index in [1.54, 1.807) is 0 Å². The first-order valence-electron chi connectivity index (χ1n) is 7.23. The highest BCUT2D eigenvalue weighted by molar-refractivity contribution is 7.12. The second kappa shape index (κ2) is 6.00. The van der Waals surface area contributed by atoms with Crippen LogP contribution in [-0.4, -0.2) is 36.1 Å². The van der Waals surface area contributed by atoms with Crippen LogP contribution < -0.4 is 0 Å². The van der Waals surface area contributed by atoms with Gasteiger partial charge in [0.1, 0.15) is 0 Å². The summed E-state index contributed by atoms with van der Waals surface area (Å²) in [5.74, 6) is 0.117. The molecule has 1 aromatic heterocycles. The second-order valence-electron chi connectivity index (χ2n) is 5.50. The molecule has 1 amide bonds. The van der Waals surface area contributed by atoms with E-state index in [1.165, 1.54) is 11.3 Å². The van der Waals surface area contributed by atoms with Crippen LogP contribution in [0.4, 0.5) is 0 Å². The van der Waals surface area contributed by atoms with Gasteiger partial charge >= 0.3 is 0 Å². The maximum atomic E-state index is 12.8. The number of thiophene rings is 1. The van der Waals surface area contributed by atoms with Gasteiger partial charge in [0.15, 0.2) is 0 Å². The molecule has 0 aliphatic carbocycles. The van der Waals surface area contributed by atoms with Gasteiger partial charge in [-0.25, -0.2) is 0 Å². The Kier molecular flexibility index (Phi) is 4.08. The van der Waals surface area contributed by atoms with Crippen molar-refractivity contribution in [3.8, 4) is 11.1 Å². The molecule has 0 unspecified atom stereocenters. The summed E-state index contributed by atoms with van der Waals surface area (Å²) in [6.45, 7) is 5.36. The van der Waals surface area contributed by atoms with Crippen LogP contribution in [-0.2, 0) is 4.74 Å². The van der Waals surface area contributed by atoms with Crippen LogP contribution in [0.2, 0.25) is 0 Å². The van der Waals surface area contributed by atoms with E-state index >= 15 is 0 Å². The third-order valence-corrected chi connectivity index (χ3v) is 4.55. The molecule has 2 heterocycles. The molecule has 1 aliphatic heterocycles. The highest BCUT2D eigenvalue weighted by atomic mass is 32.1. The van der Waals surface area contributed by atoms with Gasteiger partial charge in [-0.3, -0.25) is 4.79 Å². The maximum Gasteiger partial charge on any atom is 0.264 e. The standard InChI is InChI=1S/C17H19NO2S/c1-12-10-18(11-13(2)20-12)17(19)16-15(8-9-21-16)14-6-4-3-5-7-14/h3-9,12-13H,10-11H2,1-2H3/t12-,13+. The third kappa shape index (κ3) is 3.01. The molecule has 1 fully saturated rings. The molecule has 0 bridgehead atoms. The summed E-state index contributed by atoms with van der Waals surface area (Å²) < 4.78 is 5.71. The average Bonchev–Trinajstić information content (AvgIpc) is 2.95. The lowest BCUT2D eigenvalue weighted by Gasteiger charge is -2.35. The normalized spacial score (nSPS) is 22.3. The lowest BCUT2D eigenvalue weighted by molar-refractivity contribution is -0.0584. The summed E-state index contributed by atoms with van der Waals surface area (Å²) in [7, 11) is 0. The van der Waals surface area contributed by atoms with Crippen molar-refractivity contribution in [2.24, 2.45) is 0 Å². The number of ether oxygens (including phenoxy) is 1. The first kappa shape index (κ1) is 14.3. The smallest absolute Gasteiger partial charge is 0.264 e. The maximum absolute atomic E-state index is 12.8. The van der Waals surface area contributed by atoms with Crippen molar-refractivity contribution in [2.75, 3.05) is 13.1 Å². The molecule has 0 saturated carbocycles. The number of amides is 1. The molecular formula is C17H19NO2S. The summed E-state index contributed by atoms with van der Waals surface area (Å²) in [5.41, 5.74) is 2.12. The molecule has 2 atom stereocenters. The zero-order chi connectivity index (χ0) is 14.8. The number of hydrogen-bond acceptors (Lipinski definition) is 3. The molecule has 3 nitrogen and oxygen atoms in total. The van der Waals surface area contributed by atoms with E-state index in [2.05, 4.69) is 0 Å². The predicted molar refractivity (Wildman–Crippen MR) is 85.7 cm³/mol. The van der Waals surface area contributed by atoms with Gasteiger partial charge in [-0.15, -0.1) is 11.3 Å². The number of morpholine rings is 1. The molecule has 1 saturated heterocycles. The Morgan fingerprint density at radius 3 is 2.48 bits per heavy atom. The Balaban J connectivity index is 1.88. The number of nitrogens with zero attached hydrogens (tertiary/aromatic N) is 1. The average molecular weight is 301 g/mol. The van der Waals surface area contributed by atoms with Gasteiger partial charge in [-0.05, 0) is 30.9 Å². The van der Waals surface area contributed by atoms with Crippen LogP contribution in [0, 0.1) is 0 Å². The van der Waals surface area contributed by atoms with Crippen LogP contribution in [0.3, 0.4) is 0 Å². The number of rotatable bonds is 2. The lowest BCUT2D eigenvalue weighted by Crippen LogP contribution is -2.48. The van der Waals surface area contributed by atoms with Gasteiger partial charge in [-0.1, -0.05) is 30.3 Å². The Morgan fingerprint density at radius 2 is 1.81 bits per heavy atom. The fraction of sp³-hybridized carbons (Fsp3) is 0.353. The van der Waals surface area contributed by atoms with Crippen molar-refractivity contribution in [3.63, 3.8) is 0 Å². The van der Waals surface area contributed by atoms with E-state index in [0.717, 1.165) is 16.0 Å². The number of benzene rings is 1.